The van der Waals surface area contributed by atoms with Gasteiger partial charge in [-0.05, 0) is 60.7 Å². The number of aryl methyl sites for hydroxylation is 2. The van der Waals surface area contributed by atoms with Gasteiger partial charge in [-0.25, -0.2) is 8.42 Å². The number of hydrogen-bond donors (Lipinski definition) is 1. The minimum Gasteiger partial charge on any atom is -0.354 e. The van der Waals surface area contributed by atoms with Gasteiger partial charge in [0.2, 0.25) is 11.8 Å². The van der Waals surface area contributed by atoms with Crippen molar-refractivity contribution >= 4 is 27.5 Å². The highest BCUT2D eigenvalue weighted by Gasteiger charge is 2.34. The molecule has 8 heteroatoms. The summed E-state index contributed by atoms with van der Waals surface area (Å²) >= 11 is 0. The van der Waals surface area contributed by atoms with Crippen molar-refractivity contribution in [2.75, 3.05) is 17.4 Å². The quantitative estimate of drug-likeness (QED) is 0.204. The molecule has 0 fully saturated rings. The van der Waals surface area contributed by atoms with Crippen LogP contribution in [0.15, 0.2) is 114 Å². The molecule has 0 saturated heterocycles. The van der Waals surface area contributed by atoms with E-state index >= 15 is 0 Å². The highest BCUT2D eigenvalue weighted by atomic mass is 32.2. The van der Waals surface area contributed by atoms with Crippen molar-refractivity contribution in [3.63, 3.8) is 0 Å². The summed E-state index contributed by atoms with van der Waals surface area (Å²) in [6.07, 6.45) is 0.276. The molecule has 0 radical (unpaired) electrons. The summed E-state index contributed by atoms with van der Waals surface area (Å²) in [6, 6.07) is 31.8. The predicted octanol–water partition coefficient (Wildman–Crippen LogP) is 5.91. The molecule has 2 amide bonds. The first kappa shape index (κ1) is 32.5. The molecule has 0 heterocycles. The van der Waals surface area contributed by atoms with Gasteiger partial charge in [0.25, 0.3) is 10.0 Å². The summed E-state index contributed by atoms with van der Waals surface area (Å²) in [7, 11) is -4.13. The number of anilines is 1. The number of sulfonamides is 1. The van der Waals surface area contributed by atoms with Crippen LogP contribution < -0.4 is 9.62 Å². The van der Waals surface area contributed by atoms with Crippen LogP contribution in [0.4, 0.5) is 5.69 Å². The van der Waals surface area contributed by atoms with E-state index in [0.29, 0.717) is 12.2 Å². The maximum Gasteiger partial charge on any atom is 0.264 e. The summed E-state index contributed by atoms with van der Waals surface area (Å²) in [5.74, 6) is -0.548. The third-order valence-electron chi connectivity index (χ3n) is 7.33. The number of benzene rings is 4. The maximum atomic E-state index is 14.5. The number of nitrogens with zero attached hydrogens (tertiary/aromatic N) is 2. The summed E-state index contributed by atoms with van der Waals surface area (Å²) in [4.78, 5) is 29.9. The number of nitrogens with one attached hydrogen (secondary N) is 1. The molecule has 0 aliphatic carbocycles. The molecule has 4 rings (SSSR count). The van der Waals surface area contributed by atoms with E-state index in [0.717, 1.165) is 26.6 Å². The lowest BCUT2D eigenvalue weighted by Gasteiger charge is -2.34. The monoisotopic (exact) mass is 611 g/mol. The fourth-order valence-electron chi connectivity index (χ4n) is 4.91. The second-order valence-corrected chi connectivity index (χ2v) is 13.4. The van der Waals surface area contributed by atoms with Crippen LogP contribution in [0.1, 0.15) is 36.1 Å². The van der Waals surface area contributed by atoms with Crippen molar-refractivity contribution in [2.24, 2.45) is 5.92 Å². The number of rotatable bonds is 13. The van der Waals surface area contributed by atoms with Crippen molar-refractivity contribution < 1.29 is 18.0 Å². The Balaban J connectivity index is 1.78. The SMILES string of the molecule is Cc1ccc(S(=O)(=O)N(CC(=O)N(Cc2ccccc2)C(Cc2ccccc2)C(=O)NCC(C)C)c2cccc(C)c2)cc1. The molecule has 0 aromatic heterocycles. The van der Waals surface area contributed by atoms with Crippen molar-refractivity contribution in [2.45, 2.75) is 51.6 Å². The molecule has 4 aromatic carbocycles. The molecular formula is C36H41N3O4S. The van der Waals surface area contributed by atoms with Gasteiger partial charge in [0.1, 0.15) is 12.6 Å². The molecule has 0 spiro atoms. The van der Waals surface area contributed by atoms with E-state index in [1.54, 1.807) is 42.5 Å². The maximum absolute atomic E-state index is 14.5. The van der Waals surface area contributed by atoms with Crippen molar-refractivity contribution in [1.29, 1.82) is 0 Å². The van der Waals surface area contributed by atoms with Crippen molar-refractivity contribution in [3.05, 3.63) is 131 Å². The zero-order valence-corrected chi connectivity index (χ0v) is 26.6. The van der Waals surface area contributed by atoms with Gasteiger partial charge in [0.05, 0.1) is 10.6 Å². The van der Waals surface area contributed by atoms with Crippen LogP contribution in [0.5, 0.6) is 0 Å². The summed E-state index contributed by atoms with van der Waals surface area (Å²) in [5.41, 5.74) is 3.88. The molecule has 0 bridgehead atoms. The van der Waals surface area contributed by atoms with Crippen LogP contribution in [-0.4, -0.2) is 44.3 Å². The first-order chi connectivity index (χ1) is 21.0. The van der Waals surface area contributed by atoms with Gasteiger partial charge in [-0.15, -0.1) is 0 Å². The number of carbonyl (C=O) groups excluding carboxylic acids is 2. The molecule has 4 aromatic rings. The van der Waals surface area contributed by atoms with Gasteiger partial charge in [-0.2, -0.15) is 0 Å². The molecule has 0 aliphatic heterocycles. The molecule has 1 atom stereocenters. The molecule has 1 unspecified atom stereocenters. The lowest BCUT2D eigenvalue weighted by molar-refractivity contribution is -0.140. The zero-order valence-electron chi connectivity index (χ0n) is 25.8. The van der Waals surface area contributed by atoms with Crippen LogP contribution in [0.3, 0.4) is 0 Å². The lowest BCUT2D eigenvalue weighted by Crippen LogP contribution is -2.53. The van der Waals surface area contributed by atoms with E-state index in [9.17, 15) is 18.0 Å². The molecule has 1 N–H and O–H groups in total. The fraction of sp³-hybridized carbons (Fsp3) is 0.278. The second-order valence-electron chi connectivity index (χ2n) is 11.5. The highest BCUT2D eigenvalue weighted by Crippen LogP contribution is 2.26. The number of carbonyl (C=O) groups is 2. The Morgan fingerprint density at radius 1 is 0.750 bits per heavy atom. The van der Waals surface area contributed by atoms with Crippen LogP contribution >= 0.6 is 0 Å². The average molecular weight is 612 g/mol. The van der Waals surface area contributed by atoms with Gasteiger partial charge in [0, 0.05) is 19.5 Å². The Hall–Kier alpha value is -4.43. The van der Waals surface area contributed by atoms with Crippen LogP contribution in [-0.2, 0) is 32.6 Å². The van der Waals surface area contributed by atoms with Gasteiger partial charge >= 0.3 is 0 Å². The molecular weight excluding hydrogens is 570 g/mol. The summed E-state index contributed by atoms with van der Waals surface area (Å²) < 4.78 is 29.4. The smallest absolute Gasteiger partial charge is 0.264 e. The van der Waals surface area contributed by atoms with Crippen molar-refractivity contribution in [3.8, 4) is 0 Å². The number of amides is 2. The first-order valence-electron chi connectivity index (χ1n) is 14.9. The van der Waals surface area contributed by atoms with E-state index in [1.807, 2.05) is 94.4 Å². The third kappa shape index (κ3) is 8.57. The Kier molecular flexibility index (Phi) is 11.0. The number of hydrogen-bond acceptors (Lipinski definition) is 4. The standard InChI is InChI=1S/C36H41N3O4S/c1-27(2)24-37-36(41)34(23-30-13-7-5-8-14-30)38(25-31-15-9-6-10-16-31)35(40)26-39(32-17-11-12-29(4)22-32)44(42,43)33-20-18-28(3)19-21-33/h5-22,27,34H,23-26H2,1-4H3,(H,37,41). The van der Waals surface area contributed by atoms with Gasteiger partial charge in [-0.3, -0.25) is 13.9 Å². The van der Waals surface area contributed by atoms with E-state index in [2.05, 4.69) is 5.32 Å². The summed E-state index contributed by atoms with van der Waals surface area (Å²) in [6.45, 7) is 7.89. The zero-order chi connectivity index (χ0) is 31.7. The molecule has 0 aliphatic rings. The van der Waals surface area contributed by atoms with Gasteiger partial charge in [0.15, 0.2) is 0 Å². The predicted molar refractivity (Wildman–Crippen MR) is 176 cm³/mol. The highest BCUT2D eigenvalue weighted by molar-refractivity contribution is 7.92. The third-order valence-corrected chi connectivity index (χ3v) is 9.12. The average Bonchev–Trinajstić information content (AvgIpc) is 3.01. The van der Waals surface area contributed by atoms with E-state index in [1.165, 1.54) is 4.90 Å². The van der Waals surface area contributed by atoms with Gasteiger partial charge in [-0.1, -0.05) is 104 Å². The van der Waals surface area contributed by atoms with E-state index in [4.69, 9.17) is 0 Å². The lowest BCUT2D eigenvalue weighted by atomic mass is 10.0. The molecule has 0 saturated carbocycles. The Morgan fingerprint density at radius 2 is 1.36 bits per heavy atom. The minimum atomic E-state index is -4.13. The van der Waals surface area contributed by atoms with Gasteiger partial charge < -0.3 is 10.2 Å². The van der Waals surface area contributed by atoms with Crippen LogP contribution in [0.25, 0.3) is 0 Å². The largest absolute Gasteiger partial charge is 0.354 e. The Labute approximate surface area is 261 Å². The minimum absolute atomic E-state index is 0.0857. The van der Waals surface area contributed by atoms with E-state index in [-0.39, 0.29) is 29.7 Å². The first-order valence-corrected chi connectivity index (χ1v) is 16.3. The molecule has 230 valence electrons. The Morgan fingerprint density at radius 3 is 1.95 bits per heavy atom. The Bertz CT molecular complexity index is 1640. The second kappa shape index (κ2) is 14.8. The van der Waals surface area contributed by atoms with Crippen LogP contribution in [0, 0.1) is 19.8 Å². The van der Waals surface area contributed by atoms with Crippen molar-refractivity contribution in [1.82, 2.24) is 10.2 Å². The fourth-order valence-corrected chi connectivity index (χ4v) is 6.31. The normalized spacial score (nSPS) is 12.0. The molecule has 44 heavy (non-hydrogen) atoms. The summed E-state index contributed by atoms with van der Waals surface area (Å²) in [5, 5.41) is 3.01. The molecule has 7 nitrogen and oxygen atoms in total. The van der Waals surface area contributed by atoms with E-state index < -0.39 is 28.5 Å². The van der Waals surface area contributed by atoms with Crippen LogP contribution in [0.2, 0.25) is 0 Å². The topological polar surface area (TPSA) is 86.8 Å².